The van der Waals surface area contributed by atoms with Crippen LogP contribution in [0, 0.1) is 11.3 Å². The van der Waals surface area contributed by atoms with Gasteiger partial charge in [-0.3, -0.25) is 4.79 Å². The van der Waals surface area contributed by atoms with E-state index < -0.39 is 0 Å². The third-order valence-corrected chi connectivity index (χ3v) is 5.42. The predicted octanol–water partition coefficient (Wildman–Crippen LogP) is 4.71. The Morgan fingerprint density at radius 2 is 2.08 bits per heavy atom. The van der Waals surface area contributed by atoms with Gasteiger partial charge in [-0.05, 0) is 34.5 Å². The summed E-state index contributed by atoms with van der Waals surface area (Å²) in [6, 6.07) is 7.71. The summed E-state index contributed by atoms with van der Waals surface area (Å²) in [4.78, 5) is 16.8. The summed E-state index contributed by atoms with van der Waals surface area (Å²) in [5.74, 6) is -0.0909. The number of hydrogen-bond acceptors (Lipinski definition) is 5. The molecule has 0 fully saturated rings. The normalized spacial score (nSPS) is 11.4. The van der Waals surface area contributed by atoms with Gasteiger partial charge in [0.05, 0.1) is 23.7 Å². The molecule has 0 spiro atoms. The van der Waals surface area contributed by atoms with E-state index in [1.165, 1.54) is 11.3 Å². The molecule has 0 atom stereocenters. The van der Waals surface area contributed by atoms with Crippen LogP contribution < -0.4 is 5.32 Å². The Balaban J connectivity index is 1.76. The molecule has 24 heavy (non-hydrogen) atoms. The molecule has 2 aromatic heterocycles. The van der Waals surface area contributed by atoms with Crippen molar-refractivity contribution in [2.75, 3.05) is 5.32 Å². The molecule has 1 N–H and O–H groups in total. The van der Waals surface area contributed by atoms with Crippen LogP contribution in [0.4, 0.5) is 5.13 Å². The lowest BCUT2D eigenvalue weighted by Gasteiger charge is -2.14. The second kappa shape index (κ2) is 6.34. The summed E-state index contributed by atoms with van der Waals surface area (Å²) >= 11 is 3.03. The van der Waals surface area contributed by atoms with Crippen LogP contribution in [0.3, 0.4) is 0 Å². The highest BCUT2D eigenvalue weighted by atomic mass is 32.1. The van der Waals surface area contributed by atoms with Crippen molar-refractivity contribution in [3.05, 3.63) is 45.8 Å². The van der Waals surface area contributed by atoms with Crippen LogP contribution in [0.25, 0.3) is 10.1 Å². The van der Waals surface area contributed by atoms with Gasteiger partial charge < -0.3 is 5.32 Å². The lowest BCUT2D eigenvalue weighted by atomic mass is 9.93. The van der Waals surface area contributed by atoms with Gasteiger partial charge in [-0.2, -0.15) is 5.26 Å². The Morgan fingerprint density at radius 1 is 1.29 bits per heavy atom. The Morgan fingerprint density at radius 3 is 2.75 bits per heavy atom. The average molecular weight is 355 g/mol. The highest BCUT2D eigenvalue weighted by molar-refractivity contribution is 7.17. The van der Waals surface area contributed by atoms with E-state index in [4.69, 9.17) is 5.26 Å². The second-order valence-corrected chi connectivity index (χ2v) is 8.37. The maximum atomic E-state index is 12.3. The fraction of sp³-hybridized carbons (Fsp3) is 0.278. The maximum Gasteiger partial charge on any atom is 0.230 e. The molecule has 0 aliphatic rings. The quantitative estimate of drug-likeness (QED) is 0.740. The number of thiazole rings is 1. The number of hydrogen-bond donors (Lipinski definition) is 1. The van der Waals surface area contributed by atoms with E-state index >= 15 is 0 Å². The smallest absolute Gasteiger partial charge is 0.230 e. The first-order valence-corrected chi connectivity index (χ1v) is 9.29. The minimum absolute atomic E-state index is 0.0310. The van der Waals surface area contributed by atoms with Crippen molar-refractivity contribution in [1.82, 2.24) is 4.98 Å². The summed E-state index contributed by atoms with van der Waals surface area (Å²) < 4.78 is 1.08. The van der Waals surface area contributed by atoms with Gasteiger partial charge in [0.1, 0.15) is 0 Å². The number of nitrogens with one attached hydrogen (secondary N) is 1. The topological polar surface area (TPSA) is 65.8 Å². The highest BCUT2D eigenvalue weighted by Gasteiger charge is 2.18. The zero-order valence-electron chi connectivity index (χ0n) is 13.7. The molecule has 0 unspecified atom stereocenters. The predicted molar refractivity (Wildman–Crippen MR) is 99.7 cm³/mol. The Kier molecular flexibility index (Phi) is 4.39. The van der Waals surface area contributed by atoms with Crippen LogP contribution in [0.15, 0.2) is 29.0 Å². The molecule has 0 saturated heterocycles. The first kappa shape index (κ1) is 16.6. The Bertz CT molecular complexity index is 941. The van der Waals surface area contributed by atoms with Crippen molar-refractivity contribution >= 4 is 43.8 Å². The molecule has 0 saturated carbocycles. The first-order chi connectivity index (χ1) is 11.4. The monoisotopic (exact) mass is 355 g/mol. The molecule has 1 amide bonds. The number of carbonyl (C=O) groups is 1. The molecule has 3 rings (SSSR count). The molecule has 2 heterocycles. The number of nitrogens with zero attached hydrogens (tertiary/aromatic N) is 2. The minimum Gasteiger partial charge on any atom is -0.302 e. The zero-order chi connectivity index (χ0) is 17.3. The molecule has 0 radical (unpaired) electrons. The second-order valence-electron chi connectivity index (χ2n) is 6.60. The Labute approximate surface area is 148 Å². The minimum atomic E-state index is -0.0909. The number of carbonyl (C=O) groups excluding carboxylic acids is 1. The van der Waals surface area contributed by atoms with Gasteiger partial charge >= 0.3 is 0 Å². The molecule has 0 bridgehead atoms. The van der Waals surface area contributed by atoms with Crippen molar-refractivity contribution in [1.29, 1.82) is 5.26 Å². The summed E-state index contributed by atoms with van der Waals surface area (Å²) in [7, 11) is 0. The maximum absolute atomic E-state index is 12.3. The van der Waals surface area contributed by atoms with Crippen LogP contribution in [0.5, 0.6) is 0 Å². The standard InChI is InChI=1S/C18H17N3OS2/c1-18(2,3)15-10-24-17(20-15)21-16(22)7-12-9-23-14-5-4-11(8-19)6-13(12)14/h4-6,9-10H,7H2,1-3H3,(H,20,21,22). The van der Waals surface area contributed by atoms with Crippen LogP contribution >= 0.6 is 22.7 Å². The van der Waals surface area contributed by atoms with Gasteiger partial charge in [0.2, 0.25) is 5.91 Å². The van der Waals surface area contributed by atoms with Crippen LogP contribution in [-0.2, 0) is 16.6 Å². The molecular formula is C18H17N3OS2. The Hall–Kier alpha value is -2.23. The van der Waals surface area contributed by atoms with E-state index in [2.05, 4.69) is 37.1 Å². The van der Waals surface area contributed by atoms with Crippen molar-refractivity contribution in [3.8, 4) is 6.07 Å². The third-order valence-electron chi connectivity index (χ3n) is 3.65. The summed E-state index contributed by atoms with van der Waals surface area (Å²) in [6.45, 7) is 6.29. The van der Waals surface area contributed by atoms with E-state index in [0.717, 1.165) is 21.3 Å². The third kappa shape index (κ3) is 3.48. The molecular weight excluding hydrogens is 338 g/mol. The highest BCUT2D eigenvalue weighted by Crippen LogP contribution is 2.29. The molecule has 0 aliphatic carbocycles. The lowest BCUT2D eigenvalue weighted by Crippen LogP contribution is -2.15. The first-order valence-electron chi connectivity index (χ1n) is 7.53. The fourth-order valence-corrected chi connectivity index (χ4v) is 4.20. The van der Waals surface area contributed by atoms with Crippen molar-refractivity contribution in [2.45, 2.75) is 32.6 Å². The fourth-order valence-electron chi connectivity index (χ4n) is 2.30. The van der Waals surface area contributed by atoms with E-state index in [9.17, 15) is 4.79 Å². The molecule has 1 aromatic carbocycles. The number of amides is 1. The van der Waals surface area contributed by atoms with Gasteiger partial charge in [-0.1, -0.05) is 20.8 Å². The van der Waals surface area contributed by atoms with E-state index in [-0.39, 0.29) is 17.7 Å². The number of aromatic nitrogens is 1. The summed E-state index contributed by atoms with van der Waals surface area (Å²) in [6.07, 6.45) is 0.277. The number of fused-ring (bicyclic) bond motifs is 1. The summed E-state index contributed by atoms with van der Waals surface area (Å²) in [5, 5.41) is 17.5. The van der Waals surface area contributed by atoms with Gasteiger partial charge in [0, 0.05) is 15.5 Å². The number of rotatable bonds is 3. The van der Waals surface area contributed by atoms with Gasteiger partial charge in [0.25, 0.3) is 0 Å². The van der Waals surface area contributed by atoms with Gasteiger partial charge in [0.15, 0.2) is 5.13 Å². The molecule has 6 heteroatoms. The van der Waals surface area contributed by atoms with Crippen LogP contribution in [0.2, 0.25) is 0 Å². The van der Waals surface area contributed by atoms with Gasteiger partial charge in [-0.25, -0.2) is 4.98 Å². The van der Waals surface area contributed by atoms with E-state index in [0.29, 0.717) is 10.7 Å². The largest absolute Gasteiger partial charge is 0.302 e. The number of nitriles is 1. The molecule has 122 valence electrons. The van der Waals surface area contributed by atoms with Crippen molar-refractivity contribution < 1.29 is 4.79 Å². The number of anilines is 1. The molecule has 4 nitrogen and oxygen atoms in total. The zero-order valence-corrected chi connectivity index (χ0v) is 15.3. The van der Waals surface area contributed by atoms with E-state index in [1.807, 2.05) is 22.9 Å². The van der Waals surface area contributed by atoms with Crippen molar-refractivity contribution in [3.63, 3.8) is 0 Å². The average Bonchev–Trinajstić information content (AvgIpc) is 3.14. The number of benzene rings is 1. The molecule has 3 aromatic rings. The number of thiophene rings is 1. The SMILES string of the molecule is CC(C)(C)c1csc(NC(=O)Cc2csc3ccc(C#N)cc23)n1. The van der Waals surface area contributed by atoms with Crippen LogP contribution in [0.1, 0.15) is 37.6 Å². The van der Waals surface area contributed by atoms with Gasteiger partial charge in [-0.15, -0.1) is 22.7 Å². The van der Waals surface area contributed by atoms with Crippen LogP contribution in [-0.4, -0.2) is 10.9 Å². The van der Waals surface area contributed by atoms with E-state index in [1.54, 1.807) is 17.4 Å². The van der Waals surface area contributed by atoms with Crippen molar-refractivity contribution in [2.24, 2.45) is 0 Å². The molecule has 0 aliphatic heterocycles. The lowest BCUT2D eigenvalue weighted by molar-refractivity contribution is -0.115. The summed E-state index contributed by atoms with van der Waals surface area (Å²) in [5.41, 5.74) is 2.49.